The Kier molecular flexibility index (Phi) is 3.08. The highest BCUT2D eigenvalue weighted by Crippen LogP contribution is 2.28. The zero-order valence-electron chi connectivity index (χ0n) is 8.61. The fourth-order valence-electron chi connectivity index (χ4n) is 2.00. The van der Waals surface area contributed by atoms with E-state index in [2.05, 4.69) is 27.8 Å². The molecule has 0 spiro atoms. The van der Waals surface area contributed by atoms with Crippen LogP contribution >= 0.6 is 0 Å². The summed E-state index contributed by atoms with van der Waals surface area (Å²) < 4.78 is 2.00. The number of rotatable bonds is 4. The summed E-state index contributed by atoms with van der Waals surface area (Å²) in [4.78, 5) is 0. The first kappa shape index (κ1) is 9.58. The molecule has 2 rings (SSSR count). The molecule has 1 aromatic heterocycles. The Morgan fingerprint density at radius 2 is 2.21 bits per heavy atom. The van der Waals surface area contributed by atoms with Crippen molar-refractivity contribution >= 4 is 0 Å². The monoisotopic (exact) mass is 195 g/mol. The molecule has 78 valence electrons. The molecule has 0 saturated heterocycles. The van der Waals surface area contributed by atoms with Gasteiger partial charge in [0.1, 0.15) is 0 Å². The molecular formula is C9H17N5. The highest BCUT2D eigenvalue weighted by Gasteiger charge is 2.20. The minimum atomic E-state index is 0.540. The van der Waals surface area contributed by atoms with Crippen molar-refractivity contribution in [3.8, 4) is 0 Å². The first-order chi connectivity index (χ1) is 6.92. The zero-order chi connectivity index (χ0) is 9.80. The van der Waals surface area contributed by atoms with Crippen LogP contribution in [0, 0.1) is 0 Å². The number of hydrogen-bond donors (Lipinski definition) is 1. The van der Waals surface area contributed by atoms with Gasteiger partial charge in [0.2, 0.25) is 0 Å². The summed E-state index contributed by atoms with van der Waals surface area (Å²) in [6, 6.07) is 0.540. The van der Waals surface area contributed by atoms with Crippen molar-refractivity contribution in [3.63, 3.8) is 0 Å². The van der Waals surface area contributed by atoms with Crippen molar-refractivity contribution in [3.05, 3.63) is 5.82 Å². The Bertz CT molecular complexity index is 276. The summed E-state index contributed by atoms with van der Waals surface area (Å²) in [6.07, 6.45) is 5.07. The summed E-state index contributed by atoms with van der Waals surface area (Å²) in [5, 5.41) is 15.1. The van der Waals surface area contributed by atoms with Crippen molar-refractivity contribution in [2.75, 3.05) is 6.54 Å². The summed E-state index contributed by atoms with van der Waals surface area (Å²) in [5.41, 5.74) is 0. The Hall–Kier alpha value is -0.970. The Morgan fingerprint density at radius 3 is 2.93 bits per heavy atom. The van der Waals surface area contributed by atoms with Crippen LogP contribution in [0.5, 0.6) is 0 Å². The predicted octanol–water partition coefficient (Wildman–Crippen LogP) is 0.898. The Balaban J connectivity index is 2.04. The minimum Gasteiger partial charge on any atom is -0.310 e. The van der Waals surface area contributed by atoms with E-state index in [0.29, 0.717) is 6.04 Å². The topological polar surface area (TPSA) is 55.6 Å². The van der Waals surface area contributed by atoms with Crippen LogP contribution in [-0.2, 0) is 6.54 Å². The quantitative estimate of drug-likeness (QED) is 0.775. The van der Waals surface area contributed by atoms with Crippen LogP contribution in [0.15, 0.2) is 0 Å². The van der Waals surface area contributed by atoms with Crippen molar-refractivity contribution in [2.24, 2.45) is 0 Å². The largest absolute Gasteiger partial charge is 0.310 e. The second-order valence-corrected chi connectivity index (χ2v) is 3.76. The van der Waals surface area contributed by atoms with E-state index in [4.69, 9.17) is 0 Å². The van der Waals surface area contributed by atoms with Gasteiger partial charge in [-0.05, 0) is 29.8 Å². The molecule has 0 aliphatic heterocycles. The molecule has 0 unspecified atom stereocenters. The average Bonchev–Trinajstić information content (AvgIpc) is 2.84. The fourth-order valence-corrected chi connectivity index (χ4v) is 2.00. The Morgan fingerprint density at radius 1 is 1.43 bits per heavy atom. The van der Waals surface area contributed by atoms with Gasteiger partial charge in [0.25, 0.3) is 0 Å². The molecule has 1 aliphatic carbocycles. The molecule has 0 amide bonds. The standard InChI is InChI=1S/C9H17N5/c1-2-10-7-9-11-12-13-14(9)8-5-3-4-6-8/h8,10H,2-7H2,1H3. The molecular weight excluding hydrogens is 178 g/mol. The van der Waals surface area contributed by atoms with Crippen LogP contribution in [0.1, 0.15) is 44.5 Å². The summed E-state index contributed by atoms with van der Waals surface area (Å²) in [5.74, 6) is 0.971. The predicted molar refractivity (Wildman–Crippen MR) is 52.7 cm³/mol. The second kappa shape index (κ2) is 4.50. The van der Waals surface area contributed by atoms with Crippen molar-refractivity contribution in [2.45, 2.75) is 45.2 Å². The van der Waals surface area contributed by atoms with Gasteiger partial charge in [-0.1, -0.05) is 19.8 Å². The maximum Gasteiger partial charge on any atom is 0.165 e. The Labute approximate surface area is 83.9 Å². The third-order valence-corrected chi connectivity index (χ3v) is 2.76. The van der Waals surface area contributed by atoms with Crippen LogP contribution in [0.2, 0.25) is 0 Å². The lowest BCUT2D eigenvalue weighted by Gasteiger charge is -2.10. The van der Waals surface area contributed by atoms with Crippen LogP contribution < -0.4 is 5.32 Å². The molecule has 1 heterocycles. The molecule has 0 aromatic carbocycles. The van der Waals surface area contributed by atoms with E-state index in [1.165, 1.54) is 25.7 Å². The third kappa shape index (κ3) is 1.92. The summed E-state index contributed by atoms with van der Waals surface area (Å²) >= 11 is 0. The third-order valence-electron chi connectivity index (χ3n) is 2.76. The SMILES string of the molecule is CCNCc1nnnn1C1CCCC1. The lowest BCUT2D eigenvalue weighted by atomic mass is 10.2. The van der Waals surface area contributed by atoms with E-state index in [1.807, 2.05) is 4.68 Å². The highest BCUT2D eigenvalue weighted by molar-refractivity contribution is 4.85. The van der Waals surface area contributed by atoms with Gasteiger partial charge in [0.05, 0.1) is 12.6 Å². The van der Waals surface area contributed by atoms with Gasteiger partial charge in [-0.3, -0.25) is 0 Å². The van der Waals surface area contributed by atoms with Gasteiger partial charge < -0.3 is 5.32 Å². The van der Waals surface area contributed by atoms with E-state index in [1.54, 1.807) is 0 Å². The number of hydrogen-bond acceptors (Lipinski definition) is 4. The van der Waals surface area contributed by atoms with E-state index in [-0.39, 0.29) is 0 Å². The van der Waals surface area contributed by atoms with Gasteiger partial charge in [0, 0.05) is 0 Å². The van der Waals surface area contributed by atoms with E-state index >= 15 is 0 Å². The fraction of sp³-hybridized carbons (Fsp3) is 0.889. The molecule has 0 atom stereocenters. The van der Waals surface area contributed by atoms with Crippen molar-refractivity contribution in [1.82, 2.24) is 25.5 Å². The molecule has 0 bridgehead atoms. The smallest absolute Gasteiger partial charge is 0.165 e. The zero-order valence-corrected chi connectivity index (χ0v) is 8.61. The molecule has 14 heavy (non-hydrogen) atoms. The average molecular weight is 195 g/mol. The van der Waals surface area contributed by atoms with E-state index in [0.717, 1.165) is 18.9 Å². The molecule has 1 aliphatic rings. The summed E-state index contributed by atoms with van der Waals surface area (Å²) in [7, 11) is 0. The lowest BCUT2D eigenvalue weighted by molar-refractivity contribution is 0.432. The number of nitrogens with zero attached hydrogens (tertiary/aromatic N) is 4. The molecule has 1 fully saturated rings. The van der Waals surface area contributed by atoms with Gasteiger partial charge >= 0.3 is 0 Å². The lowest BCUT2D eigenvalue weighted by Crippen LogP contribution is -2.19. The van der Waals surface area contributed by atoms with Crippen LogP contribution in [0.25, 0.3) is 0 Å². The molecule has 1 N–H and O–H groups in total. The number of aromatic nitrogens is 4. The summed E-state index contributed by atoms with van der Waals surface area (Å²) in [6.45, 7) is 3.82. The molecule has 5 heteroatoms. The highest BCUT2D eigenvalue weighted by atomic mass is 15.6. The molecule has 5 nitrogen and oxygen atoms in total. The van der Waals surface area contributed by atoms with Gasteiger partial charge in [0.15, 0.2) is 5.82 Å². The van der Waals surface area contributed by atoms with Crippen LogP contribution in [0.3, 0.4) is 0 Å². The molecule has 0 radical (unpaired) electrons. The van der Waals surface area contributed by atoms with Crippen LogP contribution in [-0.4, -0.2) is 26.8 Å². The minimum absolute atomic E-state index is 0.540. The van der Waals surface area contributed by atoms with Gasteiger partial charge in [-0.15, -0.1) is 5.10 Å². The maximum absolute atomic E-state index is 4.07. The van der Waals surface area contributed by atoms with E-state index in [9.17, 15) is 0 Å². The van der Waals surface area contributed by atoms with E-state index < -0.39 is 0 Å². The number of nitrogens with one attached hydrogen (secondary N) is 1. The first-order valence-electron chi connectivity index (χ1n) is 5.39. The molecule has 1 saturated carbocycles. The van der Waals surface area contributed by atoms with Crippen molar-refractivity contribution < 1.29 is 0 Å². The molecule has 1 aromatic rings. The number of tetrazole rings is 1. The first-order valence-corrected chi connectivity index (χ1v) is 5.39. The van der Waals surface area contributed by atoms with Crippen molar-refractivity contribution in [1.29, 1.82) is 0 Å². The van der Waals surface area contributed by atoms with Gasteiger partial charge in [-0.2, -0.15) is 0 Å². The van der Waals surface area contributed by atoms with Crippen LogP contribution in [0.4, 0.5) is 0 Å². The normalized spacial score (nSPS) is 17.8. The van der Waals surface area contributed by atoms with Gasteiger partial charge in [-0.25, -0.2) is 4.68 Å². The second-order valence-electron chi connectivity index (χ2n) is 3.76. The maximum atomic E-state index is 4.07.